The lowest BCUT2D eigenvalue weighted by Gasteiger charge is -2.34. The number of piperidine rings is 1. The molecule has 0 unspecified atom stereocenters. The zero-order chi connectivity index (χ0) is 23.8. The maximum Gasteiger partial charge on any atom is 0.333 e. The monoisotopic (exact) mass is 480 g/mol. The Morgan fingerprint density at radius 1 is 0.939 bits per heavy atom. The number of benzene rings is 1. The molecule has 180 valence electrons. The normalized spacial score (nSPS) is 18.5. The van der Waals surface area contributed by atoms with Gasteiger partial charge in [0.2, 0.25) is 10.0 Å². The third kappa shape index (κ3) is 4.55. The minimum absolute atomic E-state index is 0.0344. The van der Waals surface area contributed by atoms with Gasteiger partial charge in [-0.3, -0.25) is 14.3 Å². The molecule has 1 aromatic carbocycles. The van der Waals surface area contributed by atoms with E-state index >= 15 is 0 Å². The summed E-state index contributed by atoms with van der Waals surface area (Å²) in [5.74, 6) is -0.337. The number of piperazine rings is 1. The average molecular weight is 481 g/mol. The molecule has 0 aliphatic carbocycles. The van der Waals surface area contributed by atoms with Crippen molar-refractivity contribution in [3.8, 4) is 0 Å². The number of halogens is 1. The molecule has 0 bridgehead atoms. The van der Waals surface area contributed by atoms with Crippen molar-refractivity contribution < 1.29 is 12.8 Å². The lowest BCUT2D eigenvalue weighted by atomic mass is 10.1. The largest absolute Gasteiger partial charge is 0.383 e. The summed E-state index contributed by atoms with van der Waals surface area (Å²) in [5.41, 5.74) is 5.58. The Labute approximate surface area is 191 Å². The fraction of sp³-hybridized carbons (Fsp3) is 0.524. The van der Waals surface area contributed by atoms with Gasteiger partial charge in [-0.15, -0.1) is 0 Å². The van der Waals surface area contributed by atoms with Crippen LogP contribution in [0.3, 0.4) is 0 Å². The summed E-state index contributed by atoms with van der Waals surface area (Å²) in [6.07, 6.45) is 3.03. The number of rotatable bonds is 5. The summed E-state index contributed by atoms with van der Waals surface area (Å²) in [6.45, 7) is 2.58. The highest BCUT2D eigenvalue weighted by atomic mass is 32.2. The summed E-state index contributed by atoms with van der Waals surface area (Å²) in [7, 11) is -2.19. The van der Waals surface area contributed by atoms with Crippen LogP contribution >= 0.6 is 0 Å². The molecule has 2 saturated heterocycles. The van der Waals surface area contributed by atoms with Gasteiger partial charge >= 0.3 is 5.69 Å². The van der Waals surface area contributed by atoms with Crippen LogP contribution < -0.4 is 21.9 Å². The van der Waals surface area contributed by atoms with E-state index in [4.69, 9.17) is 5.73 Å². The van der Waals surface area contributed by atoms with Crippen molar-refractivity contribution in [1.82, 2.24) is 18.3 Å². The molecule has 10 nitrogen and oxygen atoms in total. The molecule has 2 aliphatic heterocycles. The Bertz CT molecular complexity index is 1230. The number of anilines is 2. The molecule has 0 saturated carbocycles. The number of nitrogens with two attached hydrogens (primary N) is 1. The van der Waals surface area contributed by atoms with Crippen LogP contribution in [0.1, 0.15) is 19.3 Å². The third-order valence-electron chi connectivity index (χ3n) is 6.37. The van der Waals surface area contributed by atoms with Crippen LogP contribution in [0.15, 0.2) is 38.8 Å². The first-order valence-electron chi connectivity index (χ1n) is 11.0. The van der Waals surface area contributed by atoms with E-state index in [-0.39, 0.29) is 30.5 Å². The Balaban J connectivity index is 1.52. The van der Waals surface area contributed by atoms with Crippen molar-refractivity contribution in [3.63, 3.8) is 0 Å². The molecule has 0 amide bonds. The van der Waals surface area contributed by atoms with Gasteiger partial charge in [-0.05, 0) is 43.5 Å². The molecule has 1 aromatic heterocycles. The highest BCUT2D eigenvalue weighted by Crippen LogP contribution is 2.21. The maximum atomic E-state index is 13.2. The van der Waals surface area contributed by atoms with Crippen LogP contribution in [0, 0.1) is 5.82 Å². The van der Waals surface area contributed by atoms with E-state index in [9.17, 15) is 22.4 Å². The van der Waals surface area contributed by atoms with Gasteiger partial charge in [0.15, 0.2) is 0 Å². The van der Waals surface area contributed by atoms with Crippen molar-refractivity contribution in [1.29, 1.82) is 0 Å². The van der Waals surface area contributed by atoms with E-state index in [1.807, 2.05) is 9.80 Å². The van der Waals surface area contributed by atoms with E-state index in [2.05, 4.69) is 0 Å². The van der Waals surface area contributed by atoms with Gasteiger partial charge in [0, 0.05) is 46.3 Å². The first kappa shape index (κ1) is 23.5. The van der Waals surface area contributed by atoms with Crippen molar-refractivity contribution in [2.24, 2.45) is 7.05 Å². The molecule has 0 spiro atoms. The number of nitrogen functional groups attached to an aromatic ring is 1. The van der Waals surface area contributed by atoms with Crippen LogP contribution in [0.4, 0.5) is 15.9 Å². The van der Waals surface area contributed by atoms with Crippen LogP contribution in [-0.2, 0) is 23.7 Å². The predicted octanol–water partition coefficient (Wildman–Crippen LogP) is 0.223. The van der Waals surface area contributed by atoms with Gasteiger partial charge in [-0.1, -0.05) is 0 Å². The molecule has 33 heavy (non-hydrogen) atoms. The van der Waals surface area contributed by atoms with Gasteiger partial charge in [0.25, 0.3) is 5.56 Å². The smallest absolute Gasteiger partial charge is 0.333 e. The number of sulfonamides is 1. The lowest BCUT2D eigenvalue weighted by molar-refractivity contribution is 0.147. The zero-order valence-electron chi connectivity index (χ0n) is 18.6. The molecule has 2 aliphatic rings. The van der Waals surface area contributed by atoms with E-state index in [1.165, 1.54) is 25.6 Å². The minimum atomic E-state index is -3.74. The first-order valence-corrected chi connectivity index (χ1v) is 12.5. The Morgan fingerprint density at radius 3 is 2.15 bits per heavy atom. The highest BCUT2D eigenvalue weighted by molar-refractivity contribution is 7.89. The van der Waals surface area contributed by atoms with Gasteiger partial charge in [-0.25, -0.2) is 22.2 Å². The number of aromatic nitrogens is 2. The van der Waals surface area contributed by atoms with Crippen LogP contribution in [0.25, 0.3) is 0 Å². The van der Waals surface area contributed by atoms with Crippen LogP contribution in [-0.4, -0.2) is 66.0 Å². The summed E-state index contributed by atoms with van der Waals surface area (Å²) in [4.78, 5) is 29.9. The predicted molar refractivity (Wildman–Crippen MR) is 123 cm³/mol. The SMILES string of the molecule is Cn1c(N)c(N2CCCCC2)c(=O)n(CN2CCN(S(=O)(=O)c3ccc(F)cc3)CC2)c1=O. The fourth-order valence-corrected chi connectivity index (χ4v) is 5.80. The number of hydrogen-bond donors (Lipinski definition) is 1. The van der Waals surface area contributed by atoms with E-state index in [0.29, 0.717) is 18.8 Å². The fourth-order valence-electron chi connectivity index (χ4n) is 4.37. The summed E-state index contributed by atoms with van der Waals surface area (Å²) in [6, 6.07) is 4.73. The zero-order valence-corrected chi connectivity index (χ0v) is 19.4. The van der Waals surface area contributed by atoms with Crippen molar-refractivity contribution in [2.75, 3.05) is 49.9 Å². The molecule has 2 fully saturated rings. The third-order valence-corrected chi connectivity index (χ3v) is 8.28. The molecular formula is C21H29FN6O4S. The Morgan fingerprint density at radius 2 is 1.55 bits per heavy atom. The molecule has 3 heterocycles. The molecular weight excluding hydrogens is 451 g/mol. The van der Waals surface area contributed by atoms with Gasteiger partial charge in [0.05, 0.1) is 11.6 Å². The van der Waals surface area contributed by atoms with Crippen LogP contribution in [0.2, 0.25) is 0 Å². The molecule has 2 aromatic rings. The average Bonchev–Trinajstić information content (AvgIpc) is 2.82. The quantitative estimate of drug-likeness (QED) is 0.651. The van der Waals surface area contributed by atoms with Gasteiger partial charge < -0.3 is 10.6 Å². The molecule has 12 heteroatoms. The van der Waals surface area contributed by atoms with Gasteiger partial charge in [-0.2, -0.15) is 4.31 Å². The lowest BCUT2D eigenvalue weighted by Crippen LogP contribution is -2.52. The highest BCUT2D eigenvalue weighted by Gasteiger charge is 2.30. The second-order valence-corrected chi connectivity index (χ2v) is 10.4. The standard InChI is InChI=1S/C21H29FN6O4S/c1-24-19(23)18(26-9-3-2-4-10-26)20(29)28(21(24)30)15-25-11-13-27(14-12-25)33(31,32)17-7-5-16(22)6-8-17/h5-8H,2-4,9-15,23H2,1H3. The van der Waals surface area contributed by atoms with E-state index < -0.39 is 27.1 Å². The number of hydrogen-bond acceptors (Lipinski definition) is 7. The van der Waals surface area contributed by atoms with E-state index in [1.54, 1.807) is 7.05 Å². The molecule has 4 rings (SSSR count). The Kier molecular flexibility index (Phi) is 6.59. The maximum absolute atomic E-state index is 13.2. The number of nitrogens with zero attached hydrogens (tertiary/aromatic N) is 5. The molecule has 2 N–H and O–H groups in total. The van der Waals surface area contributed by atoms with Gasteiger partial charge in [0.1, 0.15) is 17.3 Å². The minimum Gasteiger partial charge on any atom is -0.383 e. The molecule has 0 radical (unpaired) electrons. The summed E-state index contributed by atoms with van der Waals surface area (Å²) >= 11 is 0. The van der Waals surface area contributed by atoms with Crippen molar-refractivity contribution in [3.05, 3.63) is 50.9 Å². The topological polar surface area (TPSA) is 114 Å². The second-order valence-electron chi connectivity index (χ2n) is 8.47. The first-order chi connectivity index (χ1) is 15.7. The summed E-state index contributed by atoms with van der Waals surface area (Å²) in [5, 5.41) is 0. The van der Waals surface area contributed by atoms with Crippen molar-refractivity contribution >= 4 is 21.5 Å². The molecule has 0 atom stereocenters. The van der Waals surface area contributed by atoms with Crippen molar-refractivity contribution in [2.45, 2.75) is 30.8 Å². The van der Waals surface area contributed by atoms with Crippen LogP contribution in [0.5, 0.6) is 0 Å². The van der Waals surface area contributed by atoms with E-state index in [0.717, 1.165) is 44.5 Å². The second kappa shape index (κ2) is 9.27. The summed E-state index contributed by atoms with van der Waals surface area (Å²) < 4.78 is 42.6. The Hall–Kier alpha value is -2.70.